The molecule has 1 aromatic carbocycles. The van der Waals surface area contributed by atoms with Crippen molar-refractivity contribution in [1.29, 1.82) is 0 Å². The molecule has 1 N–H and O–H groups in total. The van der Waals surface area contributed by atoms with E-state index in [9.17, 15) is 4.79 Å². The summed E-state index contributed by atoms with van der Waals surface area (Å²) in [5.74, 6) is 0.823. The fraction of sp³-hybridized carbons (Fsp3) is 0.467. The number of hydrogen-bond donors (Lipinski definition) is 1. The molecule has 0 radical (unpaired) electrons. The first-order chi connectivity index (χ1) is 9.81. The Hall–Kier alpha value is -0.830. The number of benzene rings is 1. The summed E-state index contributed by atoms with van der Waals surface area (Å²) in [6, 6.07) is 5.78. The Labute approximate surface area is 158 Å². The van der Waals surface area contributed by atoms with Crippen LogP contribution >= 0.6 is 39.9 Å². The van der Waals surface area contributed by atoms with Crippen molar-refractivity contribution in [3.8, 4) is 0 Å². The van der Waals surface area contributed by atoms with Gasteiger partial charge in [0.05, 0.1) is 6.54 Å². The maximum absolute atomic E-state index is 12.0. The second kappa shape index (κ2) is 10.0. The van der Waals surface area contributed by atoms with Crippen molar-refractivity contribution in [1.82, 2.24) is 9.80 Å². The third kappa shape index (κ3) is 6.95. The lowest BCUT2D eigenvalue weighted by molar-refractivity contribution is -0.116. The van der Waals surface area contributed by atoms with E-state index in [4.69, 9.17) is 0 Å². The van der Waals surface area contributed by atoms with Crippen LogP contribution in [0.3, 0.4) is 0 Å². The summed E-state index contributed by atoms with van der Waals surface area (Å²) in [7, 11) is 7.74. The van der Waals surface area contributed by atoms with Gasteiger partial charge in [-0.15, -0.1) is 24.0 Å². The zero-order valence-corrected chi connectivity index (χ0v) is 17.6. The van der Waals surface area contributed by atoms with E-state index in [0.717, 1.165) is 21.7 Å². The number of guanidine groups is 1. The molecule has 0 heterocycles. The molecule has 1 rings (SSSR count). The highest BCUT2D eigenvalue weighted by Gasteiger charge is 2.07. The third-order valence-electron chi connectivity index (χ3n) is 2.85. The number of aliphatic imine (C=N–C) groups is 1. The van der Waals surface area contributed by atoms with Crippen molar-refractivity contribution < 1.29 is 4.79 Å². The van der Waals surface area contributed by atoms with Crippen molar-refractivity contribution in [2.24, 2.45) is 4.99 Å². The zero-order chi connectivity index (χ0) is 16.0. The first-order valence-electron chi connectivity index (χ1n) is 6.76. The third-order valence-corrected chi connectivity index (χ3v) is 3.35. The molecule has 0 unspecified atom stereocenters. The van der Waals surface area contributed by atoms with E-state index in [1.807, 2.05) is 63.1 Å². The van der Waals surface area contributed by atoms with Crippen LogP contribution in [0.5, 0.6) is 0 Å². The number of carbonyl (C=O) groups excluding carboxylic acids is 1. The second-order valence-electron chi connectivity index (χ2n) is 5.23. The molecule has 0 spiro atoms. The van der Waals surface area contributed by atoms with Gasteiger partial charge in [0.15, 0.2) is 5.96 Å². The Kier molecular flexibility index (Phi) is 9.66. The maximum Gasteiger partial charge on any atom is 0.226 e. The standard InChI is InChI=1S/C15H23BrN4O.HI/c1-11-10-12(16)6-7-13(11)18-14(21)8-9-17-15(19(2)3)20(4)5;/h6-7,10H,8-9H2,1-5H3,(H,18,21);1H. The predicted octanol–water partition coefficient (Wildman–Crippen LogP) is 3.18. The molecule has 1 aromatic rings. The SMILES string of the molecule is Cc1cc(Br)ccc1NC(=O)CCN=C(N(C)C)N(C)C.I. The summed E-state index contributed by atoms with van der Waals surface area (Å²) in [6.07, 6.45) is 0.362. The highest BCUT2D eigenvalue weighted by Crippen LogP contribution is 2.20. The van der Waals surface area contributed by atoms with Crippen LogP contribution in [-0.4, -0.2) is 56.4 Å². The van der Waals surface area contributed by atoms with Gasteiger partial charge in [0.1, 0.15) is 0 Å². The fourth-order valence-corrected chi connectivity index (χ4v) is 2.40. The number of rotatable bonds is 4. The summed E-state index contributed by atoms with van der Waals surface area (Å²) in [6.45, 7) is 2.43. The molecule has 0 aliphatic heterocycles. The van der Waals surface area contributed by atoms with E-state index in [2.05, 4.69) is 26.2 Å². The largest absolute Gasteiger partial charge is 0.349 e. The Morgan fingerprint density at radius 2 is 1.82 bits per heavy atom. The summed E-state index contributed by atoms with van der Waals surface area (Å²) >= 11 is 3.41. The monoisotopic (exact) mass is 482 g/mol. The average molecular weight is 483 g/mol. The van der Waals surface area contributed by atoms with Gasteiger partial charge in [0.25, 0.3) is 0 Å². The normalized spacial score (nSPS) is 9.55. The number of nitrogens with one attached hydrogen (secondary N) is 1. The van der Waals surface area contributed by atoms with Crippen molar-refractivity contribution in [3.05, 3.63) is 28.2 Å². The van der Waals surface area contributed by atoms with Gasteiger partial charge < -0.3 is 15.1 Å². The molecular weight excluding hydrogens is 459 g/mol. The molecular formula is C15H24BrIN4O. The van der Waals surface area contributed by atoms with Crippen molar-refractivity contribution in [2.45, 2.75) is 13.3 Å². The van der Waals surface area contributed by atoms with Crippen LogP contribution in [0, 0.1) is 6.92 Å². The summed E-state index contributed by atoms with van der Waals surface area (Å²) < 4.78 is 1.00. The first kappa shape index (κ1) is 21.2. The van der Waals surface area contributed by atoms with Crippen molar-refractivity contribution in [3.63, 3.8) is 0 Å². The zero-order valence-electron chi connectivity index (χ0n) is 13.7. The van der Waals surface area contributed by atoms with Gasteiger partial charge in [-0.3, -0.25) is 9.79 Å². The van der Waals surface area contributed by atoms with Crippen LogP contribution in [0.1, 0.15) is 12.0 Å². The van der Waals surface area contributed by atoms with E-state index >= 15 is 0 Å². The molecule has 0 aliphatic rings. The minimum absolute atomic E-state index is 0. The lowest BCUT2D eigenvalue weighted by atomic mass is 10.2. The number of nitrogens with zero attached hydrogens (tertiary/aromatic N) is 3. The van der Waals surface area contributed by atoms with Gasteiger partial charge in [-0.05, 0) is 30.7 Å². The van der Waals surface area contributed by atoms with E-state index in [-0.39, 0.29) is 29.9 Å². The molecule has 0 atom stereocenters. The van der Waals surface area contributed by atoms with Crippen molar-refractivity contribution in [2.75, 3.05) is 40.1 Å². The summed E-state index contributed by atoms with van der Waals surface area (Å²) in [5, 5.41) is 2.91. The molecule has 5 nitrogen and oxygen atoms in total. The minimum Gasteiger partial charge on any atom is -0.349 e. The summed E-state index contributed by atoms with van der Waals surface area (Å²) in [4.78, 5) is 20.2. The van der Waals surface area contributed by atoms with E-state index in [1.165, 1.54) is 0 Å². The van der Waals surface area contributed by atoms with Gasteiger partial charge in [0, 0.05) is 44.8 Å². The summed E-state index contributed by atoms with van der Waals surface area (Å²) in [5.41, 5.74) is 1.87. The molecule has 0 saturated heterocycles. The van der Waals surface area contributed by atoms with Crippen LogP contribution in [0.25, 0.3) is 0 Å². The fourth-order valence-electron chi connectivity index (χ4n) is 1.92. The van der Waals surface area contributed by atoms with Gasteiger partial charge in [-0.2, -0.15) is 0 Å². The van der Waals surface area contributed by atoms with E-state index in [1.54, 1.807) is 0 Å². The van der Waals surface area contributed by atoms with Gasteiger partial charge in [-0.25, -0.2) is 0 Å². The molecule has 0 aliphatic carbocycles. The average Bonchev–Trinajstić information content (AvgIpc) is 2.37. The number of hydrogen-bond acceptors (Lipinski definition) is 2. The van der Waals surface area contributed by atoms with Crippen LogP contribution in [-0.2, 0) is 4.79 Å². The Morgan fingerprint density at radius 3 is 2.32 bits per heavy atom. The molecule has 0 aromatic heterocycles. The van der Waals surface area contributed by atoms with Crippen LogP contribution in [0.4, 0.5) is 5.69 Å². The van der Waals surface area contributed by atoms with E-state index in [0.29, 0.717) is 13.0 Å². The molecule has 0 fully saturated rings. The predicted molar refractivity (Wildman–Crippen MR) is 107 cm³/mol. The molecule has 22 heavy (non-hydrogen) atoms. The number of halogens is 2. The Balaban J connectivity index is 0.00000441. The number of aryl methyl sites for hydroxylation is 1. The lowest BCUT2D eigenvalue weighted by Gasteiger charge is -2.22. The van der Waals surface area contributed by atoms with Crippen LogP contribution < -0.4 is 5.32 Å². The highest BCUT2D eigenvalue weighted by molar-refractivity contribution is 14.0. The van der Waals surface area contributed by atoms with Gasteiger partial charge in [0.2, 0.25) is 5.91 Å². The first-order valence-corrected chi connectivity index (χ1v) is 7.55. The second-order valence-corrected chi connectivity index (χ2v) is 6.14. The molecule has 7 heteroatoms. The highest BCUT2D eigenvalue weighted by atomic mass is 127. The quantitative estimate of drug-likeness (QED) is 0.407. The van der Waals surface area contributed by atoms with Gasteiger partial charge in [-0.1, -0.05) is 15.9 Å². The molecule has 1 amide bonds. The van der Waals surface area contributed by atoms with Gasteiger partial charge >= 0.3 is 0 Å². The molecule has 124 valence electrons. The van der Waals surface area contributed by atoms with E-state index < -0.39 is 0 Å². The molecule has 0 bridgehead atoms. The van der Waals surface area contributed by atoms with Crippen LogP contribution in [0.2, 0.25) is 0 Å². The Bertz CT molecular complexity index is 522. The van der Waals surface area contributed by atoms with Crippen LogP contribution in [0.15, 0.2) is 27.7 Å². The molecule has 0 saturated carbocycles. The smallest absolute Gasteiger partial charge is 0.226 e. The number of anilines is 1. The lowest BCUT2D eigenvalue weighted by Crippen LogP contribution is -2.35. The Morgan fingerprint density at radius 1 is 1.23 bits per heavy atom. The minimum atomic E-state index is -0.0268. The van der Waals surface area contributed by atoms with Crippen molar-refractivity contribution >= 4 is 57.5 Å². The maximum atomic E-state index is 12.0. The number of carbonyl (C=O) groups is 1. The topological polar surface area (TPSA) is 47.9 Å². The number of amides is 1.